The molecular weight excluding hydrogens is 437 g/mol. The van der Waals surface area contributed by atoms with Crippen LogP contribution in [0.15, 0.2) is 55.2 Å². The van der Waals surface area contributed by atoms with Crippen LogP contribution in [-0.2, 0) is 12.3 Å². The van der Waals surface area contributed by atoms with E-state index < -0.39 is 5.82 Å². The minimum atomic E-state index is -0.421. The van der Waals surface area contributed by atoms with E-state index >= 15 is 0 Å². The van der Waals surface area contributed by atoms with Crippen LogP contribution in [0.3, 0.4) is 0 Å². The summed E-state index contributed by atoms with van der Waals surface area (Å²) in [6.07, 6.45) is 1.60. The van der Waals surface area contributed by atoms with Crippen molar-refractivity contribution >= 4 is 27.7 Å². The molecule has 3 aromatic heterocycles. The van der Waals surface area contributed by atoms with Gasteiger partial charge in [-0.1, -0.05) is 32.8 Å². The Bertz CT molecular complexity index is 1060. The minimum Gasteiger partial charge on any atom is -0.461 e. The molecule has 10 heteroatoms. The van der Waals surface area contributed by atoms with Gasteiger partial charge in [0.15, 0.2) is 22.6 Å². The van der Waals surface area contributed by atoms with E-state index in [9.17, 15) is 4.39 Å². The Morgan fingerprint density at radius 2 is 2.15 bits per heavy atom. The first-order valence-corrected chi connectivity index (χ1v) is 9.81. The average molecular weight is 450 g/mol. The molecule has 0 amide bonds. The quantitative estimate of drug-likeness (QED) is 0.390. The Morgan fingerprint density at radius 1 is 1.26 bits per heavy atom. The first kappa shape index (κ1) is 17.9. The third-order valence-corrected chi connectivity index (χ3v) is 5.19. The summed E-state index contributed by atoms with van der Waals surface area (Å²) in [7, 11) is 0. The highest BCUT2D eigenvalue weighted by atomic mass is 79.9. The lowest BCUT2D eigenvalue weighted by Crippen LogP contribution is -1.99. The summed E-state index contributed by atoms with van der Waals surface area (Å²) < 4.78 is 27.2. The van der Waals surface area contributed by atoms with Gasteiger partial charge in [0.2, 0.25) is 0 Å². The normalized spacial score (nSPS) is 11.2. The molecule has 0 saturated heterocycles. The molecule has 0 fully saturated rings. The van der Waals surface area contributed by atoms with Crippen molar-refractivity contribution in [3.63, 3.8) is 0 Å². The molecule has 0 aliphatic rings. The predicted octanol–water partition coefficient (Wildman–Crippen LogP) is 4.80. The summed E-state index contributed by atoms with van der Waals surface area (Å²) in [5.41, 5.74) is 0.255. The second-order valence-electron chi connectivity index (χ2n) is 5.46. The van der Waals surface area contributed by atoms with Gasteiger partial charge in [-0.2, -0.15) is 4.98 Å². The third kappa shape index (κ3) is 3.67. The van der Waals surface area contributed by atoms with Crippen LogP contribution in [0.25, 0.3) is 23.0 Å². The molecule has 7 nitrogen and oxygen atoms in total. The van der Waals surface area contributed by atoms with Crippen molar-refractivity contribution in [2.75, 3.05) is 0 Å². The Hall–Kier alpha value is -2.46. The van der Waals surface area contributed by atoms with Crippen LogP contribution in [0.5, 0.6) is 0 Å². The Morgan fingerprint density at radius 3 is 2.93 bits per heavy atom. The molecule has 3 heterocycles. The maximum absolute atomic E-state index is 14.0. The fraction of sp³-hybridized carbons (Fsp3) is 0.176. The van der Waals surface area contributed by atoms with Gasteiger partial charge in [-0.25, -0.2) is 4.39 Å². The summed E-state index contributed by atoms with van der Waals surface area (Å²) in [5.74, 6) is 1.89. The molecule has 138 valence electrons. The predicted molar refractivity (Wildman–Crippen MR) is 100 cm³/mol. The van der Waals surface area contributed by atoms with Gasteiger partial charge >= 0.3 is 0 Å². The third-order valence-electron chi connectivity index (χ3n) is 3.73. The Balaban J connectivity index is 1.52. The van der Waals surface area contributed by atoms with Crippen LogP contribution in [0.4, 0.5) is 4.39 Å². The lowest BCUT2D eigenvalue weighted by molar-refractivity contribution is 0.422. The van der Waals surface area contributed by atoms with Gasteiger partial charge in [0.05, 0.1) is 17.6 Å². The number of halogens is 2. The minimum absolute atomic E-state index is 0.137. The first-order chi connectivity index (χ1) is 13.2. The largest absolute Gasteiger partial charge is 0.461 e. The molecule has 0 N–H and O–H groups in total. The number of rotatable bonds is 6. The SMILES string of the molecule is CCn1c(SCc2noc(-c3cc(Br)ccc3F)n2)nnc1-c1ccco1. The molecule has 1 aromatic carbocycles. The zero-order chi connectivity index (χ0) is 18.8. The molecule has 0 atom stereocenters. The molecule has 0 unspecified atom stereocenters. The van der Waals surface area contributed by atoms with Crippen LogP contribution in [0.1, 0.15) is 12.7 Å². The van der Waals surface area contributed by atoms with E-state index in [4.69, 9.17) is 8.94 Å². The van der Waals surface area contributed by atoms with E-state index in [1.807, 2.05) is 17.6 Å². The van der Waals surface area contributed by atoms with Crippen molar-refractivity contribution in [2.45, 2.75) is 24.4 Å². The van der Waals surface area contributed by atoms with E-state index in [1.54, 1.807) is 24.5 Å². The van der Waals surface area contributed by atoms with E-state index in [-0.39, 0.29) is 11.5 Å². The van der Waals surface area contributed by atoms with E-state index in [2.05, 4.69) is 36.3 Å². The van der Waals surface area contributed by atoms with Gasteiger partial charge in [0.25, 0.3) is 5.89 Å². The molecule has 0 aliphatic carbocycles. The topological polar surface area (TPSA) is 82.8 Å². The van der Waals surface area contributed by atoms with Crippen molar-refractivity contribution < 1.29 is 13.3 Å². The number of hydrogen-bond donors (Lipinski definition) is 0. The van der Waals surface area contributed by atoms with Gasteiger partial charge < -0.3 is 8.94 Å². The van der Waals surface area contributed by atoms with Gasteiger partial charge in [-0.3, -0.25) is 4.57 Å². The second-order valence-corrected chi connectivity index (χ2v) is 7.31. The van der Waals surface area contributed by atoms with Crippen molar-refractivity contribution in [3.8, 4) is 23.0 Å². The van der Waals surface area contributed by atoms with Gasteiger partial charge in [-0.05, 0) is 37.3 Å². The molecule has 0 aliphatic heterocycles. The summed E-state index contributed by atoms with van der Waals surface area (Å²) in [5, 5.41) is 13.0. The maximum atomic E-state index is 14.0. The number of nitrogens with zero attached hydrogens (tertiary/aromatic N) is 5. The Labute approximate surface area is 166 Å². The van der Waals surface area contributed by atoms with E-state index in [1.165, 1.54) is 17.8 Å². The molecular formula is C17H13BrFN5O2S. The number of thioether (sulfide) groups is 1. The average Bonchev–Trinajstić information content (AvgIpc) is 3.41. The zero-order valence-electron chi connectivity index (χ0n) is 14.1. The zero-order valence-corrected chi connectivity index (χ0v) is 16.5. The molecule has 0 spiro atoms. The van der Waals surface area contributed by atoms with Crippen LogP contribution in [0, 0.1) is 5.82 Å². The summed E-state index contributed by atoms with van der Waals surface area (Å²) in [6.45, 7) is 2.69. The van der Waals surface area contributed by atoms with E-state index in [0.29, 0.717) is 34.9 Å². The molecule has 4 rings (SSSR count). The van der Waals surface area contributed by atoms with Crippen molar-refractivity contribution in [3.05, 3.63) is 52.7 Å². The van der Waals surface area contributed by atoms with Gasteiger partial charge in [-0.15, -0.1) is 10.2 Å². The van der Waals surface area contributed by atoms with Crippen molar-refractivity contribution in [2.24, 2.45) is 0 Å². The van der Waals surface area contributed by atoms with Gasteiger partial charge in [0, 0.05) is 11.0 Å². The van der Waals surface area contributed by atoms with Crippen molar-refractivity contribution in [1.82, 2.24) is 24.9 Å². The first-order valence-electron chi connectivity index (χ1n) is 8.03. The lowest BCUT2D eigenvalue weighted by atomic mass is 10.2. The monoisotopic (exact) mass is 449 g/mol. The number of aromatic nitrogens is 5. The standard InChI is InChI=1S/C17H13BrFN5O2S/c1-2-24-15(13-4-3-7-25-13)21-22-17(24)27-9-14-20-16(26-23-14)11-8-10(18)5-6-12(11)19/h3-8H,2,9H2,1H3. The van der Waals surface area contributed by atoms with Crippen molar-refractivity contribution in [1.29, 1.82) is 0 Å². The van der Waals surface area contributed by atoms with Crippen LogP contribution in [0.2, 0.25) is 0 Å². The smallest absolute Gasteiger partial charge is 0.260 e. The number of benzene rings is 1. The number of hydrogen-bond acceptors (Lipinski definition) is 7. The summed E-state index contributed by atoms with van der Waals surface area (Å²) in [6, 6.07) is 8.20. The lowest BCUT2D eigenvalue weighted by Gasteiger charge is -2.04. The highest BCUT2D eigenvalue weighted by Gasteiger charge is 2.17. The van der Waals surface area contributed by atoms with Crippen LogP contribution < -0.4 is 0 Å². The highest BCUT2D eigenvalue weighted by molar-refractivity contribution is 9.10. The molecule has 4 aromatic rings. The fourth-order valence-corrected chi connectivity index (χ4v) is 3.69. The van der Waals surface area contributed by atoms with Crippen LogP contribution >= 0.6 is 27.7 Å². The second kappa shape index (κ2) is 7.65. The highest BCUT2D eigenvalue weighted by Crippen LogP contribution is 2.28. The van der Waals surface area contributed by atoms with Gasteiger partial charge in [0.1, 0.15) is 5.82 Å². The van der Waals surface area contributed by atoms with E-state index in [0.717, 1.165) is 4.47 Å². The number of furan rings is 1. The molecule has 0 radical (unpaired) electrons. The Kier molecular flexibility index (Phi) is 5.08. The summed E-state index contributed by atoms with van der Waals surface area (Å²) >= 11 is 4.73. The maximum Gasteiger partial charge on any atom is 0.260 e. The summed E-state index contributed by atoms with van der Waals surface area (Å²) in [4.78, 5) is 4.27. The molecule has 27 heavy (non-hydrogen) atoms. The molecule has 0 saturated carbocycles. The molecule has 0 bridgehead atoms. The van der Waals surface area contributed by atoms with Crippen LogP contribution in [-0.4, -0.2) is 24.9 Å². The fourth-order valence-electron chi connectivity index (χ4n) is 2.48.